The smallest absolute Gasteiger partial charge is 0.225 e. The third-order valence-electron chi connectivity index (χ3n) is 2.98. The first-order chi connectivity index (χ1) is 10.3. The highest BCUT2D eigenvalue weighted by Gasteiger charge is 2.05. The molecule has 0 saturated heterocycles. The van der Waals surface area contributed by atoms with Crippen molar-refractivity contribution in [2.24, 2.45) is 0 Å². The summed E-state index contributed by atoms with van der Waals surface area (Å²) in [4.78, 5) is 11.8. The second-order valence-corrected chi connectivity index (χ2v) is 4.84. The molecule has 0 fully saturated rings. The molecule has 2 aromatic rings. The first kappa shape index (κ1) is 15.1. The van der Waals surface area contributed by atoms with Gasteiger partial charge in [0.2, 0.25) is 5.91 Å². The molecule has 21 heavy (non-hydrogen) atoms. The molecule has 1 aromatic heterocycles. The van der Waals surface area contributed by atoms with E-state index in [1.165, 1.54) is 0 Å². The summed E-state index contributed by atoms with van der Waals surface area (Å²) in [6.07, 6.45) is 3.08. The predicted molar refractivity (Wildman–Crippen MR) is 82.4 cm³/mol. The number of ether oxygens (including phenoxy) is 1. The van der Waals surface area contributed by atoms with E-state index < -0.39 is 0 Å². The van der Waals surface area contributed by atoms with Crippen LogP contribution < -0.4 is 10.1 Å². The third-order valence-corrected chi connectivity index (χ3v) is 2.98. The standard InChI is InChI=1S/C16H21N3O2/c1-2-7-13-12-15(19-18-13)17-16(20)10-6-11-21-14-8-4-3-5-9-14/h3-5,8-9,12H,2,6-7,10-11H2,1H3,(H2,17,18,19,20). The molecule has 0 unspecified atom stereocenters. The van der Waals surface area contributed by atoms with Crippen molar-refractivity contribution in [1.29, 1.82) is 0 Å². The van der Waals surface area contributed by atoms with Crippen molar-refractivity contribution in [2.75, 3.05) is 11.9 Å². The van der Waals surface area contributed by atoms with Crippen molar-refractivity contribution in [3.63, 3.8) is 0 Å². The van der Waals surface area contributed by atoms with Gasteiger partial charge in [-0.25, -0.2) is 0 Å². The van der Waals surface area contributed by atoms with Gasteiger partial charge in [0.1, 0.15) is 5.75 Å². The summed E-state index contributed by atoms with van der Waals surface area (Å²) >= 11 is 0. The molecule has 2 N–H and O–H groups in total. The SMILES string of the molecule is CCCc1cc(NC(=O)CCCOc2ccccc2)n[nH]1. The van der Waals surface area contributed by atoms with Crippen molar-refractivity contribution in [3.05, 3.63) is 42.1 Å². The van der Waals surface area contributed by atoms with Gasteiger partial charge in [-0.15, -0.1) is 0 Å². The lowest BCUT2D eigenvalue weighted by molar-refractivity contribution is -0.116. The number of rotatable bonds is 8. The van der Waals surface area contributed by atoms with E-state index in [4.69, 9.17) is 4.74 Å². The van der Waals surface area contributed by atoms with Gasteiger partial charge in [0.25, 0.3) is 0 Å². The molecule has 0 radical (unpaired) electrons. The monoisotopic (exact) mass is 287 g/mol. The van der Waals surface area contributed by atoms with Crippen molar-refractivity contribution in [2.45, 2.75) is 32.6 Å². The third kappa shape index (κ3) is 5.30. The van der Waals surface area contributed by atoms with Crippen molar-refractivity contribution >= 4 is 11.7 Å². The lowest BCUT2D eigenvalue weighted by Crippen LogP contribution is -2.13. The fourth-order valence-electron chi connectivity index (χ4n) is 1.97. The largest absolute Gasteiger partial charge is 0.494 e. The number of nitrogens with zero attached hydrogens (tertiary/aromatic N) is 1. The zero-order valence-electron chi connectivity index (χ0n) is 12.3. The van der Waals surface area contributed by atoms with Crippen molar-refractivity contribution in [1.82, 2.24) is 10.2 Å². The van der Waals surface area contributed by atoms with Crippen LogP contribution in [0.3, 0.4) is 0 Å². The first-order valence-corrected chi connectivity index (χ1v) is 7.30. The van der Waals surface area contributed by atoms with Gasteiger partial charge in [0.15, 0.2) is 5.82 Å². The highest BCUT2D eigenvalue weighted by molar-refractivity contribution is 5.89. The minimum Gasteiger partial charge on any atom is -0.494 e. The lowest BCUT2D eigenvalue weighted by atomic mass is 10.2. The second kappa shape index (κ2) is 8.09. The number of aromatic nitrogens is 2. The van der Waals surface area contributed by atoms with Crippen molar-refractivity contribution < 1.29 is 9.53 Å². The molecular weight excluding hydrogens is 266 g/mol. The fraction of sp³-hybridized carbons (Fsp3) is 0.375. The molecule has 0 aliphatic heterocycles. The molecule has 0 aliphatic rings. The number of benzene rings is 1. The van der Waals surface area contributed by atoms with E-state index in [9.17, 15) is 4.79 Å². The van der Waals surface area contributed by atoms with Crippen LogP contribution in [0.5, 0.6) is 5.75 Å². The molecule has 112 valence electrons. The molecule has 5 heteroatoms. The van der Waals surface area contributed by atoms with Gasteiger partial charge in [0, 0.05) is 18.2 Å². The Morgan fingerprint density at radius 2 is 2.14 bits per heavy atom. The van der Waals surface area contributed by atoms with E-state index in [0.29, 0.717) is 25.3 Å². The minimum atomic E-state index is -0.0405. The van der Waals surface area contributed by atoms with E-state index in [-0.39, 0.29) is 5.91 Å². The molecular formula is C16H21N3O2. The number of amides is 1. The van der Waals surface area contributed by atoms with Crippen LogP contribution in [0.4, 0.5) is 5.82 Å². The highest BCUT2D eigenvalue weighted by atomic mass is 16.5. The Morgan fingerprint density at radius 3 is 2.90 bits per heavy atom. The number of aryl methyl sites for hydroxylation is 1. The van der Waals surface area contributed by atoms with E-state index in [2.05, 4.69) is 22.4 Å². The summed E-state index contributed by atoms with van der Waals surface area (Å²) in [5, 5.41) is 9.76. The number of nitrogens with one attached hydrogen (secondary N) is 2. The molecule has 0 atom stereocenters. The van der Waals surface area contributed by atoms with Gasteiger partial charge in [-0.05, 0) is 25.0 Å². The maximum absolute atomic E-state index is 11.8. The first-order valence-electron chi connectivity index (χ1n) is 7.30. The number of carbonyl (C=O) groups is 1. The number of para-hydroxylation sites is 1. The van der Waals surface area contributed by atoms with E-state index in [1.807, 2.05) is 36.4 Å². The fourth-order valence-corrected chi connectivity index (χ4v) is 1.97. The molecule has 2 rings (SSSR count). The van der Waals surface area contributed by atoms with Crippen molar-refractivity contribution in [3.8, 4) is 5.75 Å². The molecule has 1 aromatic carbocycles. The zero-order valence-corrected chi connectivity index (χ0v) is 12.3. The Morgan fingerprint density at radius 1 is 1.33 bits per heavy atom. The molecule has 0 bridgehead atoms. The number of H-pyrrole nitrogens is 1. The Balaban J connectivity index is 1.65. The van der Waals surface area contributed by atoms with Crippen LogP contribution in [-0.2, 0) is 11.2 Å². The Hall–Kier alpha value is -2.30. The minimum absolute atomic E-state index is 0.0405. The van der Waals surface area contributed by atoms with Crippen LogP contribution in [0.1, 0.15) is 31.9 Å². The van der Waals surface area contributed by atoms with Gasteiger partial charge in [0.05, 0.1) is 6.61 Å². The Kier molecular flexibility index (Phi) is 5.82. The summed E-state index contributed by atoms with van der Waals surface area (Å²) in [6.45, 7) is 2.63. The zero-order chi connectivity index (χ0) is 14.9. The van der Waals surface area contributed by atoms with Crippen LogP contribution in [0, 0.1) is 0 Å². The van der Waals surface area contributed by atoms with Gasteiger partial charge in [-0.1, -0.05) is 31.5 Å². The van der Waals surface area contributed by atoms with E-state index in [1.54, 1.807) is 0 Å². The molecule has 0 spiro atoms. The van der Waals surface area contributed by atoms with Gasteiger partial charge >= 0.3 is 0 Å². The number of aromatic amines is 1. The van der Waals surface area contributed by atoms with Gasteiger partial charge in [-0.2, -0.15) is 5.10 Å². The molecule has 1 heterocycles. The molecule has 0 saturated carbocycles. The number of hydrogen-bond donors (Lipinski definition) is 2. The summed E-state index contributed by atoms with van der Waals surface area (Å²) in [5.41, 5.74) is 1.04. The average Bonchev–Trinajstić information content (AvgIpc) is 2.92. The predicted octanol–water partition coefficient (Wildman–Crippen LogP) is 3.16. The molecule has 5 nitrogen and oxygen atoms in total. The Bertz CT molecular complexity index is 552. The number of carbonyl (C=O) groups excluding carboxylic acids is 1. The van der Waals surface area contributed by atoms with Gasteiger partial charge in [-0.3, -0.25) is 9.89 Å². The topological polar surface area (TPSA) is 67.0 Å². The number of anilines is 1. The van der Waals surface area contributed by atoms with E-state index in [0.717, 1.165) is 24.3 Å². The maximum atomic E-state index is 11.8. The lowest BCUT2D eigenvalue weighted by Gasteiger charge is -2.05. The van der Waals surface area contributed by atoms with Gasteiger partial charge < -0.3 is 10.1 Å². The van der Waals surface area contributed by atoms with Crippen LogP contribution in [0.15, 0.2) is 36.4 Å². The maximum Gasteiger partial charge on any atom is 0.225 e. The normalized spacial score (nSPS) is 10.3. The van der Waals surface area contributed by atoms with Crippen LogP contribution in [-0.4, -0.2) is 22.7 Å². The highest BCUT2D eigenvalue weighted by Crippen LogP contribution is 2.10. The van der Waals surface area contributed by atoms with Crippen LogP contribution >= 0.6 is 0 Å². The second-order valence-electron chi connectivity index (χ2n) is 4.84. The summed E-state index contributed by atoms with van der Waals surface area (Å²) in [6, 6.07) is 11.5. The average molecular weight is 287 g/mol. The quantitative estimate of drug-likeness (QED) is 0.733. The van der Waals surface area contributed by atoms with E-state index >= 15 is 0 Å². The molecule has 1 amide bonds. The van der Waals surface area contributed by atoms with Crippen LogP contribution in [0.2, 0.25) is 0 Å². The summed E-state index contributed by atoms with van der Waals surface area (Å²) in [7, 11) is 0. The summed E-state index contributed by atoms with van der Waals surface area (Å²) in [5.74, 6) is 1.38. The summed E-state index contributed by atoms with van der Waals surface area (Å²) < 4.78 is 5.54. The number of hydrogen-bond acceptors (Lipinski definition) is 3. The Labute approximate surface area is 124 Å². The molecule has 0 aliphatic carbocycles. The van der Waals surface area contributed by atoms with Crippen LogP contribution in [0.25, 0.3) is 0 Å².